The van der Waals surface area contributed by atoms with E-state index in [0.29, 0.717) is 23.7 Å². The number of nitrogens with zero attached hydrogens (tertiary/aromatic N) is 1. The third-order valence-electron chi connectivity index (χ3n) is 3.45. The highest BCUT2D eigenvalue weighted by Gasteiger charge is 2.55. The molecular weight excluding hydrogens is 232 g/mol. The van der Waals surface area contributed by atoms with E-state index in [2.05, 4.69) is 10.2 Å². The van der Waals surface area contributed by atoms with Gasteiger partial charge >= 0.3 is 5.97 Å². The lowest BCUT2D eigenvalue weighted by molar-refractivity contribution is -0.143. The lowest BCUT2D eigenvalue weighted by Crippen LogP contribution is -2.30. The second-order valence-electron chi connectivity index (χ2n) is 4.52. The van der Waals surface area contributed by atoms with Gasteiger partial charge in [-0.25, -0.2) is 0 Å². The van der Waals surface area contributed by atoms with Crippen LogP contribution in [0.25, 0.3) is 10.9 Å². The maximum atomic E-state index is 12.3. The van der Waals surface area contributed by atoms with Gasteiger partial charge in [-0.3, -0.25) is 14.7 Å². The van der Waals surface area contributed by atoms with Crippen molar-refractivity contribution in [3.8, 4) is 0 Å². The molecule has 1 saturated carbocycles. The number of ether oxygens (including phenoxy) is 1. The smallest absolute Gasteiger partial charge is 0.318 e. The minimum atomic E-state index is -0.827. The minimum absolute atomic E-state index is 0.188. The van der Waals surface area contributed by atoms with Gasteiger partial charge in [-0.2, -0.15) is 5.10 Å². The van der Waals surface area contributed by atoms with Gasteiger partial charge in [0.2, 0.25) is 5.43 Å². The molecule has 0 unspecified atom stereocenters. The van der Waals surface area contributed by atoms with Gasteiger partial charge in [-0.1, -0.05) is 12.1 Å². The van der Waals surface area contributed by atoms with Gasteiger partial charge in [-0.05, 0) is 25.0 Å². The number of aromatic amines is 1. The zero-order valence-electron chi connectivity index (χ0n) is 9.90. The van der Waals surface area contributed by atoms with Crippen LogP contribution in [0.3, 0.4) is 0 Å². The van der Waals surface area contributed by atoms with Crippen molar-refractivity contribution < 1.29 is 9.53 Å². The fraction of sp³-hybridized carbons (Fsp3) is 0.308. The first-order chi connectivity index (χ1) is 8.69. The molecule has 0 aliphatic heterocycles. The summed E-state index contributed by atoms with van der Waals surface area (Å²) in [5, 5.41) is 7.45. The molecule has 1 aliphatic carbocycles. The lowest BCUT2D eigenvalue weighted by Gasteiger charge is -2.11. The van der Waals surface area contributed by atoms with Gasteiger partial charge in [0.15, 0.2) is 0 Å². The van der Waals surface area contributed by atoms with Crippen molar-refractivity contribution in [3.63, 3.8) is 0 Å². The number of carbonyl (C=O) groups excluding carboxylic acids is 1. The van der Waals surface area contributed by atoms with Crippen molar-refractivity contribution in [2.45, 2.75) is 18.3 Å². The number of H-pyrrole nitrogens is 1. The number of benzene rings is 1. The summed E-state index contributed by atoms with van der Waals surface area (Å²) in [6.45, 7) is 0. The number of para-hydroxylation sites is 1. The minimum Gasteiger partial charge on any atom is -0.468 e. The highest BCUT2D eigenvalue weighted by Crippen LogP contribution is 2.47. The first kappa shape index (κ1) is 11.0. The van der Waals surface area contributed by atoms with Crippen molar-refractivity contribution in [2.24, 2.45) is 0 Å². The van der Waals surface area contributed by atoms with Crippen LogP contribution in [0, 0.1) is 0 Å². The number of esters is 1. The summed E-state index contributed by atoms with van der Waals surface area (Å²) >= 11 is 0. The van der Waals surface area contributed by atoms with Gasteiger partial charge in [0.1, 0.15) is 11.1 Å². The van der Waals surface area contributed by atoms with Crippen LogP contribution in [0.15, 0.2) is 29.1 Å². The highest BCUT2D eigenvalue weighted by molar-refractivity contribution is 5.87. The van der Waals surface area contributed by atoms with E-state index in [4.69, 9.17) is 4.74 Å². The van der Waals surface area contributed by atoms with Crippen LogP contribution >= 0.6 is 0 Å². The summed E-state index contributed by atoms with van der Waals surface area (Å²) in [6, 6.07) is 7.13. The summed E-state index contributed by atoms with van der Waals surface area (Å²) in [5.74, 6) is -0.379. The number of methoxy groups -OCH3 is 1. The Bertz CT molecular complexity index is 686. The van der Waals surface area contributed by atoms with Crippen molar-refractivity contribution in [3.05, 3.63) is 40.2 Å². The summed E-state index contributed by atoms with van der Waals surface area (Å²) in [5.41, 5.74) is -0.0703. The van der Waals surface area contributed by atoms with Crippen LogP contribution in [0.5, 0.6) is 0 Å². The van der Waals surface area contributed by atoms with E-state index in [-0.39, 0.29) is 17.1 Å². The predicted molar refractivity (Wildman–Crippen MR) is 65.3 cm³/mol. The summed E-state index contributed by atoms with van der Waals surface area (Å²) in [6.07, 6.45) is 1.24. The lowest BCUT2D eigenvalue weighted by atomic mass is 10.0. The first-order valence-corrected chi connectivity index (χ1v) is 5.75. The first-order valence-electron chi connectivity index (χ1n) is 5.75. The molecule has 5 heteroatoms. The standard InChI is InChI=1S/C13H12N2O3/c1-18-12(17)13(6-7-13)11-10(16)8-4-2-3-5-9(8)14-15-11/h2-5H,6-7H2,1H3,(H,14,16). The zero-order chi connectivity index (χ0) is 12.8. The Labute approximate surface area is 103 Å². The fourth-order valence-electron chi connectivity index (χ4n) is 2.26. The number of nitrogens with one attached hydrogen (secondary N) is 1. The van der Waals surface area contributed by atoms with Crippen LogP contribution in [0.4, 0.5) is 0 Å². The molecule has 3 rings (SSSR count). The molecule has 0 saturated heterocycles. The van der Waals surface area contributed by atoms with Crippen LogP contribution in [0.1, 0.15) is 18.5 Å². The molecule has 1 N–H and O–H groups in total. The van der Waals surface area contributed by atoms with E-state index in [1.165, 1.54) is 7.11 Å². The predicted octanol–water partition coefficient (Wildman–Crippen LogP) is 1.13. The zero-order valence-corrected chi connectivity index (χ0v) is 9.90. The van der Waals surface area contributed by atoms with E-state index < -0.39 is 5.41 Å². The second kappa shape index (κ2) is 3.66. The molecule has 18 heavy (non-hydrogen) atoms. The second-order valence-corrected chi connectivity index (χ2v) is 4.52. The molecule has 1 fully saturated rings. The molecule has 1 aromatic carbocycles. The van der Waals surface area contributed by atoms with E-state index in [9.17, 15) is 9.59 Å². The van der Waals surface area contributed by atoms with Gasteiger partial charge in [0.05, 0.1) is 12.6 Å². The van der Waals surface area contributed by atoms with Gasteiger partial charge in [0, 0.05) is 5.39 Å². The number of hydrogen-bond donors (Lipinski definition) is 1. The largest absolute Gasteiger partial charge is 0.468 e. The summed E-state index contributed by atoms with van der Waals surface area (Å²) in [7, 11) is 1.33. The Morgan fingerprint density at radius 2 is 2.11 bits per heavy atom. The van der Waals surface area contributed by atoms with Gasteiger partial charge in [0.25, 0.3) is 0 Å². The molecule has 0 radical (unpaired) electrons. The Hall–Kier alpha value is -2.17. The van der Waals surface area contributed by atoms with Crippen molar-refractivity contribution >= 4 is 16.9 Å². The number of carbonyl (C=O) groups is 1. The van der Waals surface area contributed by atoms with E-state index >= 15 is 0 Å². The molecule has 1 aromatic heterocycles. The van der Waals surface area contributed by atoms with Crippen LogP contribution in [0.2, 0.25) is 0 Å². The van der Waals surface area contributed by atoms with Crippen molar-refractivity contribution in [1.29, 1.82) is 0 Å². The van der Waals surface area contributed by atoms with Crippen molar-refractivity contribution in [2.75, 3.05) is 7.11 Å². The van der Waals surface area contributed by atoms with E-state index in [1.807, 2.05) is 6.07 Å². The molecule has 5 nitrogen and oxygen atoms in total. The molecule has 0 atom stereocenters. The summed E-state index contributed by atoms with van der Waals surface area (Å²) in [4.78, 5) is 24.1. The Balaban J connectivity index is 2.23. The Morgan fingerprint density at radius 1 is 1.39 bits per heavy atom. The number of aromatic nitrogens is 2. The molecule has 1 heterocycles. The van der Waals surface area contributed by atoms with Crippen LogP contribution in [-0.2, 0) is 14.9 Å². The average Bonchev–Trinajstić information content (AvgIpc) is 3.20. The highest BCUT2D eigenvalue weighted by atomic mass is 16.5. The summed E-state index contributed by atoms with van der Waals surface area (Å²) < 4.78 is 4.77. The molecule has 0 bridgehead atoms. The molecule has 2 aromatic rings. The quantitative estimate of drug-likeness (QED) is 0.804. The molecule has 92 valence electrons. The molecule has 0 amide bonds. The third-order valence-corrected chi connectivity index (χ3v) is 3.45. The molecule has 0 spiro atoms. The van der Waals surface area contributed by atoms with Crippen LogP contribution in [-0.4, -0.2) is 23.3 Å². The number of fused-ring (bicyclic) bond motifs is 1. The Morgan fingerprint density at radius 3 is 2.78 bits per heavy atom. The maximum absolute atomic E-state index is 12.3. The van der Waals surface area contributed by atoms with E-state index in [0.717, 1.165) is 0 Å². The topological polar surface area (TPSA) is 72.0 Å². The average molecular weight is 244 g/mol. The molecular formula is C13H12N2O3. The van der Waals surface area contributed by atoms with E-state index in [1.54, 1.807) is 18.2 Å². The Kier molecular flexibility index (Phi) is 2.23. The van der Waals surface area contributed by atoms with Crippen molar-refractivity contribution in [1.82, 2.24) is 10.2 Å². The van der Waals surface area contributed by atoms with Gasteiger partial charge < -0.3 is 4.74 Å². The fourth-order valence-corrected chi connectivity index (χ4v) is 2.26. The number of hydrogen-bond acceptors (Lipinski definition) is 4. The maximum Gasteiger partial charge on any atom is 0.318 e. The monoisotopic (exact) mass is 244 g/mol. The molecule has 1 aliphatic rings. The third kappa shape index (κ3) is 1.37. The normalized spacial score (nSPS) is 16.5. The SMILES string of the molecule is COC(=O)C1(c2n[nH]c3ccccc3c2=O)CC1. The van der Waals surface area contributed by atoms with Gasteiger partial charge in [-0.15, -0.1) is 0 Å². The number of rotatable bonds is 2. The van der Waals surface area contributed by atoms with Crippen LogP contribution < -0.4 is 5.43 Å².